The minimum Gasteiger partial charge on any atom is -0.334 e. The van der Waals surface area contributed by atoms with E-state index in [1.165, 1.54) is 18.5 Å². The average molecular weight is 389 g/mol. The van der Waals surface area contributed by atoms with Crippen molar-refractivity contribution in [3.8, 4) is 5.69 Å². The Morgan fingerprint density at radius 2 is 1.93 bits per heavy atom. The van der Waals surface area contributed by atoms with Crippen LogP contribution in [-0.4, -0.2) is 20.8 Å². The fourth-order valence-corrected chi connectivity index (χ4v) is 2.63. The van der Waals surface area contributed by atoms with Crippen LogP contribution in [-0.2, 0) is 12.7 Å². The molecule has 0 fully saturated rings. The molecule has 0 spiro atoms. The van der Waals surface area contributed by atoms with Crippen molar-refractivity contribution in [2.75, 3.05) is 0 Å². The number of aromatic nitrogens is 3. The Balaban J connectivity index is 1.54. The molecule has 2 amide bonds. The van der Waals surface area contributed by atoms with Gasteiger partial charge in [0, 0.05) is 6.54 Å². The van der Waals surface area contributed by atoms with Crippen LogP contribution in [0.25, 0.3) is 5.69 Å². The summed E-state index contributed by atoms with van der Waals surface area (Å²) >= 11 is 0. The summed E-state index contributed by atoms with van der Waals surface area (Å²) in [5, 5.41) is 9.37. The Morgan fingerprint density at radius 3 is 2.57 bits per heavy atom. The Bertz CT molecular complexity index is 923. The molecule has 2 aromatic carbocycles. The summed E-state index contributed by atoms with van der Waals surface area (Å²) in [4.78, 5) is 16.0. The fourth-order valence-electron chi connectivity index (χ4n) is 2.63. The average Bonchev–Trinajstić information content (AvgIpc) is 3.21. The van der Waals surface area contributed by atoms with Gasteiger partial charge in [-0.25, -0.2) is 14.5 Å². The highest BCUT2D eigenvalue weighted by Gasteiger charge is 2.30. The van der Waals surface area contributed by atoms with Crippen molar-refractivity contribution in [1.82, 2.24) is 25.4 Å². The first kappa shape index (κ1) is 19.4. The second-order valence-electron chi connectivity index (χ2n) is 6.18. The molecule has 0 bridgehead atoms. The van der Waals surface area contributed by atoms with Crippen LogP contribution in [0.2, 0.25) is 0 Å². The lowest BCUT2D eigenvalue weighted by Gasteiger charge is -2.16. The normalized spacial score (nSPS) is 12.4. The van der Waals surface area contributed by atoms with Crippen LogP contribution in [0.15, 0.2) is 61.2 Å². The maximum Gasteiger partial charge on any atom is 0.416 e. The topological polar surface area (TPSA) is 71.8 Å². The van der Waals surface area contributed by atoms with Crippen molar-refractivity contribution < 1.29 is 18.0 Å². The third-order valence-electron chi connectivity index (χ3n) is 4.13. The molecule has 3 aromatic rings. The SMILES string of the molecule is CC(NC(=O)NCc1cccc(C(F)(F)F)c1)c1ccc(-n2cncn2)cc1. The first-order valence-corrected chi connectivity index (χ1v) is 8.48. The predicted molar refractivity (Wildman–Crippen MR) is 96.6 cm³/mol. The molecule has 146 valence electrons. The number of amides is 2. The highest BCUT2D eigenvalue weighted by atomic mass is 19.4. The Morgan fingerprint density at radius 1 is 1.18 bits per heavy atom. The van der Waals surface area contributed by atoms with Gasteiger partial charge in [0.25, 0.3) is 0 Å². The van der Waals surface area contributed by atoms with Gasteiger partial charge in [-0.3, -0.25) is 0 Å². The number of carbonyl (C=O) groups is 1. The van der Waals surface area contributed by atoms with Crippen LogP contribution in [0.3, 0.4) is 0 Å². The lowest BCUT2D eigenvalue weighted by atomic mass is 10.1. The molecular weight excluding hydrogens is 371 g/mol. The zero-order chi connectivity index (χ0) is 20.1. The molecule has 0 aliphatic rings. The molecule has 9 heteroatoms. The molecule has 1 aromatic heterocycles. The largest absolute Gasteiger partial charge is 0.416 e. The Hall–Kier alpha value is -3.36. The van der Waals surface area contributed by atoms with Gasteiger partial charge in [0.2, 0.25) is 0 Å². The van der Waals surface area contributed by atoms with Gasteiger partial charge in [0.1, 0.15) is 12.7 Å². The summed E-state index contributed by atoms with van der Waals surface area (Å²) in [6.45, 7) is 1.81. The van der Waals surface area contributed by atoms with E-state index in [0.29, 0.717) is 5.56 Å². The summed E-state index contributed by atoms with van der Waals surface area (Å²) in [5.74, 6) is 0. The van der Waals surface area contributed by atoms with Crippen LogP contribution in [0.4, 0.5) is 18.0 Å². The lowest BCUT2D eigenvalue weighted by Crippen LogP contribution is -2.36. The zero-order valence-corrected chi connectivity index (χ0v) is 14.9. The quantitative estimate of drug-likeness (QED) is 0.696. The number of nitrogens with zero attached hydrogens (tertiary/aromatic N) is 3. The summed E-state index contributed by atoms with van der Waals surface area (Å²) in [5.41, 5.74) is 1.34. The van der Waals surface area contributed by atoms with Crippen LogP contribution < -0.4 is 10.6 Å². The maximum atomic E-state index is 12.7. The second kappa shape index (κ2) is 8.12. The van der Waals surface area contributed by atoms with Crippen LogP contribution in [0.5, 0.6) is 0 Å². The summed E-state index contributed by atoms with van der Waals surface area (Å²) in [6, 6.07) is 11.5. The van der Waals surface area contributed by atoms with Crippen LogP contribution in [0.1, 0.15) is 29.7 Å². The number of hydrogen-bond acceptors (Lipinski definition) is 3. The van der Waals surface area contributed by atoms with E-state index in [1.54, 1.807) is 11.0 Å². The molecule has 6 nitrogen and oxygen atoms in total. The van der Waals surface area contributed by atoms with Crippen molar-refractivity contribution in [2.24, 2.45) is 0 Å². The highest BCUT2D eigenvalue weighted by Crippen LogP contribution is 2.29. The second-order valence-corrected chi connectivity index (χ2v) is 6.18. The van der Waals surface area contributed by atoms with Gasteiger partial charge < -0.3 is 10.6 Å². The van der Waals surface area contributed by atoms with Gasteiger partial charge in [-0.2, -0.15) is 18.3 Å². The van der Waals surface area contributed by atoms with E-state index in [9.17, 15) is 18.0 Å². The smallest absolute Gasteiger partial charge is 0.334 e. The first-order chi connectivity index (χ1) is 13.3. The third-order valence-corrected chi connectivity index (χ3v) is 4.13. The standard InChI is InChI=1S/C19H18F3N5O/c1-13(15-5-7-17(8-6-15)27-12-23-11-25-27)26-18(28)24-10-14-3-2-4-16(9-14)19(20,21)22/h2-9,11-13H,10H2,1H3,(H2,24,26,28). The van der Waals surface area contributed by atoms with E-state index < -0.39 is 17.8 Å². The fraction of sp³-hybridized carbons (Fsp3) is 0.211. The molecule has 2 N–H and O–H groups in total. The molecule has 1 unspecified atom stereocenters. The third kappa shape index (κ3) is 4.87. The molecule has 0 saturated carbocycles. The number of hydrogen-bond donors (Lipinski definition) is 2. The number of nitrogens with one attached hydrogen (secondary N) is 2. The molecule has 3 rings (SSSR count). The molecule has 0 aliphatic carbocycles. The number of carbonyl (C=O) groups excluding carboxylic acids is 1. The van der Waals surface area contributed by atoms with E-state index in [2.05, 4.69) is 20.7 Å². The van der Waals surface area contributed by atoms with Crippen LogP contribution in [0, 0.1) is 0 Å². The molecule has 0 saturated heterocycles. The lowest BCUT2D eigenvalue weighted by molar-refractivity contribution is -0.137. The van der Waals surface area contributed by atoms with E-state index in [-0.39, 0.29) is 12.6 Å². The van der Waals surface area contributed by atoms with E-state index in [4.69, 9.17) is 0 Å². The minimum atomic E-state index is -4.41. The maximum absolute atomic E-state index is 12.7. The number of alkyl halides is 3. The molecule has 28 heavy (non-hydrogen) atoms. The van der Waals surface area contributed by atoms with Gasteiger partial charge in [-0.05, 0) is 42.3 Å². The van der Waals surface area contributed by atoms with Crippen molar-refractivity contribution >= 4 is 6.03 Å². The monoisotopic (exact) mass is 389 g/mol. The molecular formula is C19H18F3N5O. The summed E-state index contributed by atoms with van der Waals surface area (Å²) in [6.07, 6.45) is -1.39. The Kier molecular flexibility index (Phi) is 5.62. The predicted octanol–water partition coefficient (Wildman–Crippen LogP) is 3.85. The van der Waals surface area contributed by atoms with Crippen molar-refractivity contribution in [3.05, 3.63) is 77.9 Å². The summed E-state index contributed by atoms with van der Waals surface area (Å²) in [7, 11) is 0. The van der Waals surface area contributed by atoms with Gasteiger partial charge in [0.05, 0.1) is 17.3 Å². The molecule has 1 atom stereocenters. The number of rotatable bonds is 5. The molecule has 1 heterocycles. The number of benzene rings is 2. The first-order valence-electron chi connectivity index (χ1n) is 8.48. The molecule has 0 aliphatic heterocycles. The molecule has 0 radical (unpaired) electrons. The minimum absolute atomic E-state index is 0.00624. The highest BCUT2D eigenvalue weighted by molar-refractivity contribution is 5.74. The van der Waals surface area contributed by atoms with Crippen molar-refractivity contribution in [3.63, 3.8) is 0 Å². The van der Waals surface area contributed by atoms with Gasteiger partial charge >= 0.3 is 12.2 Å². The van der Waals surface area contributed by atoms with E-state index in [0.717, 1.165) is 23.4 Å². The van der Waals surface area contributed by atoms with Crippen LogP contribution >= 0.6 is 0 Å². The van der Waals surface area contributed by atoms with E-state index in [1.807, 2.05) is 31.2 Å². The van der Waals surface area contributed by atoms with Crippen molar-refractivity contribution in [1.29, 1.82) is 0 Å². The zero-order valence-electron chi connectivity index (χ0n) is 14.9. The van der Waals surface area contributed by atoms with Gasteiger partial charge in [-0.1, -0.05) is 24.3 Å². The van der Waals surface area contributed by atoms with Crippen molar-refractivity contribution in [2.45, 2.75) is 25.7 Å². The summed E-state index contributed by atoms with van der Waals surface area (Å²) < 4.78 is 39.8. The van der Waals surface area contributed by atoms with Gasteiger partial charge in [0.15, 0.2) is 0 Å². The van der Waals surface area contributed by atoms with Gasteiger partial charge in [-0.15, -0.1) is 0 Å². The number of urea groups is 1. The number of halogens is 3. The Labute approximate surface area is 159 Å². The van der Waals surface area contributed by atoms with E-state index >= 15 is 0 Å².